The van der Waals surface area contributed by atoms with Gasteiger partial charge in [-0.2, -0.15) is 0 Å². The highest BCUT2D eigenvalue weighted by atomic mass is 16.5. The number of hydrogen-bond donors (Lipinski definition) is 0. The second kappa shape index (κ2) is 3.56. The molecule has 0 aromatic heterocycles. The summed E-state index contributed by atoms with van der Waals surface area (Å²) in [5.74, 6) is 1.42. The fourth-order valence-corrected chi connectivity index (χ4v) is 3.20. The van der Waals surface area contributed by atoms with Crippen LogP contribution >= 0.6 is 0 Å². The Balaban J connectivity index is 2.14. The summed E-state index contributed by atoms with van der Waals surface area (Å²) in [5.41, 5.74) is -0.0909. The van der Waals surface area contributed by atoms with Gasteiger partial charge in [-0.3, -0.25) is 4.79 Å². The molecule has 0 radical (unpaired) electrons. The maximum absolute atomic E-state index is 11.9. The number of carbonyl (C=O) groups excluding carboxylic acids is 1. The van der Waals surface area contributed by atoms with E-state index >= 15 is 0 Å². The molecule has 2 aliphatic carbocycles. The van der Waals surface area contributed by atoms with E-state index in [0.29, 0.717) is 5.92 Å². The Morgan fingerprint density at radius 2 is 1.86 bits per heavy atom. The van der Waals surface area contributed by atoms with Crippen LogP contribution in [0, 0.1) is 17.3 Å². The Hall–Kier alpha value is -0.530. The summed E-state index contributed by atoms with van der Waals surface area (Å²) >= 11 is 0. The molecule has 0 bridgehead atoms. The Morgan fingerprint density at radius 3 is 2.29 bits per heavy atom. The molecule has 2 heteroatoms. The van der Waals surface area contributed by atoms with Crippen molar-refractivity contribution in [2.24, 2.45) is 17.3 Å². The van der Waals surface area contributed by atoms with Gasteiger partial charge in [-0.1, -0.05) is 26.2 Å². The first-order chi connectivity index (χ1) is 6.70. The highest BCUT2D eigenvalue weighted by molar-refractivity contribution is 5.77. The smallest absolute Gasteiger partial charge is 0.312 e. The highest BCUT2D eigenvalue weighted by Crippen LogP contribution is 2.57. The van der Waals surface area contributed by atoms with Gasteiger partial charge in [0.2, 0.25) is 0 Å². The average Bonchev–Trinajstić information content (AvgIpc) is 2.96. The zero-order chi connectivity index (χ0) is 10.2. The maximum Gasteiger partial charge on any atom is 0.312 e. The van der Waals surface area contributed by atoms with E-state index in [0.717, 1.165) is 18.8 Å². The zero-order valence-corrected chi connectivity index (χ0v) is 9.21. The molecule has 2 rings (SSSR count). The van der Waals surface area contributed by atoms with Gasteiger partial charge in [-0.05, 0) is 31.1 Å². The number of hydrogen-bond acceptors (Lipinski definition) is 2. The van der Waals surface area contributed by atoms with E-state index in [-0.39, 0.29) is 11.4 Å². The van der Waals surface area contributed by atoms with Crippen molar-refractivity contribution in [2.45, 2.75) is 45.4 Å². The maximum atomic E-state index is 11.9. The molecular weight excluding hydrogens is 176 g/mol. The molecule has 2 atom stereocenters. The van der Waals surface area contributed by atoms with Crippen molar-refractivity contribution < 1.29 is 9.53 Å². The summed E-state index contributed by atoms with van der Waals surface area (Å²) in [5, 5.41) is 0. The summed E-state index contributed by atoms with van der Waals surface area (Å²) < 4.78 is 5.00. The fourth-order valence-electron chi connectivity index (χ4n) is 3.20. The lowest BCUT2D eigenvalue weighted by atomic mass is 9.70. The molecule has 2 aliphatic rings. The minimum Gasteiger partial charge on any atom is -0.469 e. The van der Waals surface area contributed by atoms with Crippen LogP contribution in [0.25, 0.3) is 0 Å². The van der Waals surface area contributed by atoms with Gasteiger partial charge in [0.25, 0.3) is 0 Å². The molecule has 0 saturated heterocycles. The van der Waals surface area contributed by atoms with E-state index in [1.807, 2.05) is 0 Å². The van der Waals surface area contributed by atoms with Crippen LogP contribution < -0.4 is 0 Å². The summed E-state index contributed by atoms with van der Waals surface area (Å²) in [6.07, 6.45) is 7.06. The van der Waals surface area contributed by atoms with Crippen molar-refractivity contribution in [1.29, 1.82) is 0 Å². The minimum atomic E-state index is -0.0909. The summed E-state index contributed by atoms with van der Waals surface area (Å²) in [7, 11) is 1.53. The third-order valence-electron chi connectivity index (χ3n) is 4.16. The van der Waals surface area contributed by atoms with E-state index in [1.165, 1.54) is 32.8 Å². The summed E-state index contributed by atoms with van der Waals surface area (Å²) in [6, 6.07) is 0. The monoisotopic (exact) mass is 196 g/mol. The number of methoxy groups -OCH3 is 1. The van der Waals surface area contributed by atoms with E-state index in [1.54, 1.807) is 0 Å². The topological polar surface area (TPSA) is 26.3 Å². The molecule has 0 amide bonds. The molecule has 2 unspecified atom stereocenters. The van der Waals surface area contributed by atoms with Crippen molar-refractivity contribution in [3.63, 3.8) is 0 Å². The van der Waals surface area contributed by atoms with Crippen LogP contribution in [0.2, 0.25) is 0 Å². The molecule has 2 fully saturated rings. The standard InChI is InChI=1S/C12H20O2/c1-9-8-10(9)12(11(13)14-2)6-4-3-5-7-12/h9-10H,3-8H2,1-2H3. The van der Waals surface area contributed by atoms with Gasteiger partial charge < -0.3 is 4.74 Å². The Kier molecular flexibility index (Phi) is 2.54. The number of esters is 1. The number of carbonyl (C=O) groups is 1. The average molecular weight is 196 g/mol. The Labute approximate surface area is 86.0 Å². The first kappa shape index (κ1) is 10.0. The SMILES string of the molecule is COC(=O)C1(C2CC2C)CCCCC1. The molecule has 80 valence electrons. The third kappa shape index (κ3) is 1.45. The quantitative estimate of drug-likeness (QED) is 0.635. The van der Waals surface area contributed by atoms with Crippen LogP contribution in [0.15, 0.2) is 0 Å². The van der Waals surface area contributed by atoms with Crippen LogP contribution in [-0.4, -0.2) is 13.1 Å². The molecule has 2 saturated carbocycles. The predicted molar refractivity (Wildman–Crippen MR) is 54.8 cm³/mol. The lowest BCUT2D eigenvalue weighted by Crippen LogP contribution is -2.37. The van der Waals surface area contributed by atoms with Gasteiger partial charge in [0.1, 0.15) is 0 Å². The lowest BCUT2D eigenvalue weighted by molar-refractivity contribution is -0.157. The van der Waals surface area contributed by atoms with E-state index in [2.05, 4.69) is 6.92 Å². The first-order valence-electron chi connectivity index (χ1n) is 5.79. The van der Waals surface area contributed by atoms with E-state index in [4.69, 9.17) is 4.74 Å². The Bertz CT molecular complexity index is 228. The van der Waals surface area contributed by atoms with Gasteiger partial charge in [0.05, 0.1) is 12.5 Å². The summed E-state index contributed by atoms with van der Waals surface area (Å²) in [4.78, 5) is 11.9. The van der Waals surface area contributed by atoms with Gasteiger partial charge in [-0.25, -0.2) is 0 Å². The molecule has 14 heavy (non-hydrogen) atoms. The van der Waals surface area contributed by atoms with Crippen molar-refractivity contribution in [3.8, 4) is 0 Å². The molecule has 0 aliphatic heterocycles. The van der Waals surface area contributed by atoms with Gasteiger partial charge in [0.15, 0.2) is 0 Å². The largest absolute Gasteiger partial charge is 0.469 e. The second-order valence-electron chi connectivity index (χ2n) is 5.03. The lowest BCUT2D eigenvalue weighted by Gasteiger charge is -2.35. The first-order valence-corrected chi connectivity index (χ1v) is 5.79. The second-order valence-corrected chi connectivity index (χ2v) is 5.03. The van der Waals surface area contributed by atoms with Gasteiger partial charge in [0, 0.05) is 0 Å². The molecule has 0 aromatic rings. The third-order valence-corrected chi connectivity index (χ3v) is 4.16. The number of ether oxygens (including phenoxy) is 1. The van der Waals surface area contributed by atoms with Gasteiger partial charge in [-0.15, -0.1) is 0 Å². The van der Waals surface area contributed by atoms with Crippen molar-refractivity contribution in [3.05, 3.63) is 0 Å². The van der Waals surface area contributed by atoms with Crippen molar-refractivity contribution in [1.82, 2.24) is 0 Å². The normalized spacial score (nSPS) is 35.0. The molecule has 0 aromatic carbocycles. The zero-order valence-electron chi connectivity index (χ0n) is 9.21. The fraction of sp³-hybridized carbons (Fsp3) is 0.917. The van der Waals surface area contributed by atoms with Crippen LogP contribution in [-0.2, 0) is 9.53 Å². The number of rotatable bonds is 2. The van der Waals surface area contributed by atoms with Crippen LogP contribution in [0.1, 0.15) is 45.4 Å². The highest BCUT2D eigenvalue weighted by Gasteiger charge is 2.55. The molecule has 2 nitrogen and oxygen atoms in total. The molecule has 0 heterocycles. The van der Waals surface area contributed by atoms with E-state index in [9.17, 15) is 4.79 Å². The van der Waals surface area contributed by atoms with Crippen molar-refractivity contribution in [2.75, 3.05) is 7.11 Å². The predicted octanol–water partition coefficient (Wildman–Crippen LogP) is 2.77. The minimum absolute atomic E-state index is 0.0616. The van der Waals surface area contributed by atoms with Gasteiger partial charge >= 0.3 is 5.97 Å². The molecular formula is C12H20O2. The molecule has 0 spiro atoms. The van der Waals surface area contributed by atoms with Crippen LogP contribution in [0.4, 0.5) is 0 Å². The van der Waals surface area contributed by atoms with Crippen LogP contribution in [0.3, 0.4) is 0 Å². The molecule has 0 N–H and O–H groups in total. The van der Waals surface area contributed by atoms with Crippen LogP contribution in [0.5, 0.6) is 0 Å². The summed E-state index contributed by atoms with van der Waals surface area (Å²) in [6.45, 7) is 2.25. The Morgan fingerprint density at radius 1 is 1.29 bits per heavy atom. The van der Waals surface area contributed by atoms with Crippen molar-refractivity contribution >= 4 is 5.97 Å². The van der Waals surface area contributed by atoms with E-state index < -0.39 is 0 Å².